The van der Waals surface area contributed by atoms with E-state index < -0.39 is 0 Å². The number of fused-ring (bicyclic) bond motifs is 2. The molecule has 2 aliphatic rings. The Morgan fingerprint density at radius 3 is 2.60 bits per heavy atom. The molecule has 0 aliphatic heterocycles. The van der Waals surface area contributed by atoms with Crippen molar-refractivity contribution in [2.45, 2.75) is 69.8 Å². The van der Waals surface area contributed by atoms with Crippen molar-refractivity contribution < 1.29 is 0 Å². The first-order valence-corrected chi connectivity index (χ1v) is 8.95. The highest BCUT2D eigenvalue weighted by molar-refractivity contribution is 14.1. The van der Waals surface area contributed by atoms with Crippen molar-refractivity contribution >= 4 is 22.6 Å². The van der Waals surface area contributed by atoms with E-state index in [1.165, 1.54) is 24.2 Å². The van der Waals surface area contributed by atoms with Crippen molar-refractivity contribution in [3.63, 3.8) is 0 Å². The van der Waals surface area contributed by atoms with Gasteiger partial charge in [0, 0.05) is 9.46 Å². The molecule has 112 valence electrons. The summed E-state index contributed by atoms with van der Waals surface area (Å²) >= 11 is 2.76. The Kier molecular flexibility index (Phi) is 3.46. The fourth-order valence-corrected chi connectivity index (χ4v) is 6.50. The highest BCUT2D eigenvalue weighted by Crippen LogP contribution is 2.68. The molecule has 3 rings (SSSR count). The number of hydrogen-bond donors (Lipinski definition) is 0. The molecule has 0 bridgehead atoms. The van der Waals surface area contributed by atoms with Crippen molar-refractivity contribution in [2.24, 2.45) is 17.3 Å². The van der Waals surface area contributed by atoms with E-state index in [-0.39, 0.29) is 0 Å². The standard InChI is InChI=1S/C16H26IN3/c1-10(2)20-13-7-6-11-14(15(3,4)5)16(11,17)9-8-12(13)18-19-20/h10-11,14H,6-9H2,1-5H3. The van der Waals surface area contributed by atoms with Crippen LogP contribution < -0.4 is 0 Å². The highest BCUT2D eigenvalue weighted by atomic mass is 127. The molecule has 0 saturated heterocycles. The summed E-state index contributed by atoms with van der Waals surface area (Å²) < 4.78 is 2.65. The average molecular weight is 387 g/mol. The predicted octanol–water partition coefficient (Wildman–Crippen LogP) is 4.20. The Hall–Kier alpha value is -0.130. The number of alkyl halides is 1. The summed E-state index contributed by atoms with van der Waals surface area (Å²) in [6.45, 7) is 11.6. The molecule has 1 aromatic rings. The molecule has 0 spiro atoms. The summed E-state index contributed by atoms with van der Waals surface area (Å²) in [5.41, 5.74) is 3.09. The Balaban J connectivity index is 1.85. The third kappa shape index (κ3) is 2.22. The van der Waals surface area contributed by atoms with E-state index in [9.17, 15) is 0 Å². The van der Waals surface area contributed by atoms with Crippen molar-refractivity contribution in [1.29, 1.82) is 0 Å². The van der Waals surface area contributed by atoms with E-state index in [2.05, 4.69) is 72.2 Å². The smallest absolute Gasteiger partial charge is 0.0859 e. The molecule has 3 unspecified atom stereocenters. The van der Waals surface area contributed by atoms with Crippen LogP contribution in [0.4, 0.5) is 0 Å². The molecular weight excluding hydrogens is 361 g/mol. The summed E-state index contributed by atoms with van der Waals surface area (Å²) in [5, 5.41) is 8.84. The SMILES string of the molecule is CC(C)n1nnc2c1CCC1C(C(C)(C)C)C1(I)CC2. The Bertz CT molecular complexity index is 514. The number of rotatable bonds is 1. The molecule has 2 aliphatic carbocycles. The third-order valence-electron chi connectivity index (χ3n) is 5.16. The van der Waals surface area contributed by atoms with Gasteiger partial charge in [-0.2, -0.15) is 0 Å². The maximum Gasteiger partial charge on any atom is 0.0859 e. The van der Waals surface area contributed by atoms with Crippen LogP contribution in [0.1, 0.15) is 64.9 Å². The minimum absolute atomic E-state index is 0.424. The number of halogens is 1. The number of hydrogen-bond acceptors (Lipinski definition) is 2. The molecule has 0 amide bonds. The second-order valence-corrected chi connectivity index (χ2v) is 9.95. The lowest BCUT2D eigenvalue weighted by molar-refractivity contribution is 0.319. The lowest BCUT2D eigenvalue weighted by atomic mass is 9.87. The third-order valence-corrected chi connectivity index (χ3v) is 7.17. The Morgan fingerprint density at radius 1 is 1.30 bits per heavy atom. The van der Waals surface area contributed by atoms with E-state index in [1.807, 2.05) is 0 Å². The van der Waals surface area contributed by atoms with Gasteiger partial charge in [-0.15, -0.1) is 5.10 Å². The molecule has 1 fully saturated rings. The zero-order chi connectivity index (χ0) is 14.7. The minimum atomic E-state index is 0.424. The number of aromatic nitrogens is 3. The highest BCUT2D eigenvalue weighted by Gasteiger charge is 2.65. The topological polar surface area (TPSA) is 30.7 Å². The second kappa shape index (κ2) is 4.68. The zero-order valence-corrected chi connectivity index (χ0v) is 15.4. The lowest BCUT2D eigenvalue weighted by Gasteiger charge is -2.21. The molecule has 0 radical (unpaired) electrons. The van der Waals surface area contributed by atoms with Crippen LogP contribution in [0.5, 0.6) is 0 Å². The molecule has 1 saturated carbocycles. The summed E-state index contributed by atoms with van der Waals surface area (Å²) in [5.74, 6) is 1.74. The molecule has 0 N–H and O–H groups in total. The van der Waals surface area contributed by atoms with E-state index in [0.29, 0.717) is 14.9 Å². The molecule has 3 nitrogen and oxygen atoms in total. The molecule has 4 heteroatoms. The first-order chi connectivity index (χ1) is 9.25. The van der Waals surface area contributed by atoms with Crippen molar-refractivity contribution in [3.05, 3.63) is 11.4 Å². The fourth-order valence-electron chi connectivity index (χ4n) is 4.37. The molecule has 0 aromatic carbocycles. The van der Waals surface area contributed by atoms with Gasteiger partial charge in [0.1, 0.15) is 0 Å². The maximum absolute atomic E-state index is 4.46. The van der Waals surface area contributed by atoms with Crippen molar-refractivity contribution in [1.82, 2.24) is 15.0 Å². The summed E-state index contributed by atoms with van der Waals surface area (Å²) in [7, 11) is 0. The van der Waals surface area contributed by atoms with E-state index in [1.54, 1.807) is 0 Å². The van der Waals surface area contributed by atoms with Crippen LogP contribution in [-0.2, 0) is 12.8 Å². The summed E-state index contributed by atoms with van der Waals surface area (Å²) in [6, 6.07) is 0.424. The Morgan fingerprint density at radius 2 is 2.00 bits per heavy atom. The van der Waals surface area contributed by atoms with Gasteiger partial charge in [-0.3, -0.25) is 0 Å². The normalized spacial score (nSPS) is 33.4. The number of aryl methyl sites for hydroxylation is 1. The van der Waals surface area contributed by atoms with Gasteiger partial charge in [0.2, 0.25) is 0 Å². The lowest BCUT2D eigenvalue weighted by Crippen LogP contribution is -2.16. The average Bonchev–Trinajstić information content (AvgIpc) is 2.73. The van der Waals surface area contributed by atoms with E-state index >= 15 is 0 Å². The van der Waals surface area contributed by atoms with Crippen LogP contribution in [-0.4, -0.2) is 18.4 Å². The summed E-state index contributed by atoms with van der Waals surface area (Å²) in [4.78, 5) is 0. The van der Waals surface area contributed by atoms with Gasteiger partial charge >= 0.3 is 0 Å². The largest absolute Gasteiger partial charge is 0.247 e. The van der Waals surface area contributed by atoms with Gasteiger partial charge in [-0.1, -0.05) is 48.6 Å². The molecule has 1 heterocycles. The second-order valence-electron chi connectivity index (χ2n) is 7.94. The van der Waals surface area contributed by atoms with Gasteiger partial charge in [0.15, 0.2) is 0 Å². The van der Waals surface area contributed by atoms with Crippen LogP contribution in [0, 0.1) is 17.3 Å². The first kappa shape index (κ1) is 14.8. The number of nitrogens with zero attached hydrogens (tertiary/aromatic N) is 3. The van der Waals surface area contributed by atoms with E-state index in [4.69, 9.17) is 0 Å². The molecule has 1 aromatic heterocycles. The summed E-state index contributed by atoms with van der Waals surface area (Å²) in [6.07, 6.45) is 4.83. The predicted molar refractivity (Wildman–Crippen MR) is 90.2 cm³/mol. The van der Waals surface area contributed by atoms with Gasteiger partial charge in [-0.05, 0) is 56.8 Å². The van der Waals surface area contributed by atoms with Gasteiger partial charge in [0.05, 0.1) is 11.4 Å². The molecular formula is C16H26IN3. The Labute approximate surface area is 136 Å². The van der Waals surface area contributed by atoms with E-state index in [0.717, 1.165) is 24.7 Å². The zero-order valence-electron chi connectivity index (χ0n) is 13.3. The van der Waals surface area contributed by atoms with Gasteiger partial charge in [0.25, 0.3) is 0 Å². The molecule has 20 heavy (non-hydrogen) atoms. The van der Waals surface area contributed by atoms with Crippen molar-refractivity contribution in [3.8, 4) is 0 Å². The van der Waals surface area contributed by atoms with Crippen LogP contribution in [0.15, 0.2) is 0 Å². The quantitative estimate of drug-likeness (QED) is 0.534. The van der Waals surface area contributed by atoms with Crippen LogP contribution in [0.3, 0.4) is 0 Å². The fraction of sp³-hybridized carbons (Fsp3) is 0.875. The monoisotopic (exact) mass is 387 g/mol. The maximum atomic E-state index is 4.46. The molecule has 3 atom stereocenters. The van der Waals surface area contributed by atoms with Crippen LogP contribution in [0.2, 0.25) is 0 Å². The first-order valence-electron chi connectivity index (χ1n) is 7.87. The van der Waals surface area contributed by atoms with Crippen LogP contribution >= 0.6 is 22.6 Å². The van der Waals surface area contributed by atoms with Crippen molar-refractivity contribution in [2.75, 3.05) is 0 Å². The van der Waals surface area contributed by atoms with Gasteiger partial charge in [-0.25, -0.2) is 4.68 Å². The minimum Gasteiger partial charge on any atom is -0.247 e. The van der Waals surface area contributed by atoms with Crippen LogP contribution in [0.25, 0.3) is 0 Å². The van der Waals surface area contributed by atoms with Gasteiger partial charge < -0.3 is 0 Å².